The second-order valence-corrected chi connectivity index (χ2v) is 4.41. The molecule has 0 fully saturated rings. The van der Waals surface area contributed by atoms with Gasteiger partial charge in [0.1, 0.15) is 16.6 Å². The molecule has 96 valence electrons. The number of nitrogens with zero attached hydrogens (tertiary/aromatic N) is 2. The van der Waals surface area contributed by atoms with E-state index in [0.717, 1.165) is 11.3 Å². The summed E-state index contributed by atoms with van der Waals surface area (Å²) < 4.78 is 7.11. The SMILES string of the molecule is CCOc1ccc(C(C)n2ncc(Cl)c2N)cc1. The maximum atomic E-state index is 5.90. The molecular weight excluding hydrogens is 250 g/mol. The Morgan fingerprint density at radius 1 is 1.39 bits per heavy atom. The van der Waals surface area contributed by atoms with Gasteiger partial charge in [-0.1, -0.05) is 23.7 Å². The molecule has 1 unspecified atom stereocenters. The van der Waals surface area contributed by atoms with Crippen LogP contribution in [0.1, 0.15) is 25.5 Å². The zero-order valence-corrected chi connectivity index (χ0v) is 11.2. The number of hydrogen-bond acceptors (Lipinski definition) is 3. The topological polar surface area (TPSA) is 53.1 Å². The first kappa shape index (κ1) is 12.8. The minimum Gasteiger partial charge on any atom is -0.494 e. The van der Waals surface area contributed by atoms with Crippen molar-refractivity contribution in [3.8, 4) is 5.75 Å². The molecule has 0 saturated heterocycles. The van der Waals surface area contributed by atoms with Crippen LogP contribution in [0, 0.1) is 0 Å². The molecule has 5 heteroatoms. The van der Waals surface area contributed by atoms with E-state index >= 15 is 0 Å². The Balaban J connectivity index is 2.23. The van der Waals surface area contributed by atoms with Crippen LogP contribution < -0.4 is 10.5 Å². The largest absolute Gasteiger partial charge is 0.494 e. The summed E-state index contributed by atoms with van der Waals surface area (Å²) in [5.41, 5.74) is 6.96. The molecule has 0 aliphatic carbocycles. The average molecular weight is 266 g/mol. The van der Waals surface area contributed by atoms with Crippen molar-refractivity contribution in [2.75, 3.05) is 12.3 Å². The van der Waals surface area contributed by atoms with Gasteiger partial charge in [0.2, 0.25) is 0 Å². The van der Waals surface area contributed by atoms with Gasteiger partial charge in [-0.2, -0.15) is 5.10 Å². The highest BCUT2D eigenvalue weighted by molar-refractivity contribution is 6.32. The minimum absolute atomic E-state index is 0.0353. The number of ether oxygens (including phenoxy) is 1. The molecule has 1 aromatic carbocycles. The number of benzene rings is 1. The van der Waals surface area contributed by atoms with E-state index in [9.17, 15) is 0 Å². The van der Waals surface area contributed by atoms with Gasteiger partial charge in [-0.05, 0) is 31.5 Å². The molecule has 0 amide bonds. The number of halogens is 1. The Morgan fingerprint density at radius 3 is 2.56 bits per heavy atom. The van der Waals surface area contributed by atoms with Gasteiger partial charge in [0.25, 0.3) is 0 Å². The molecule has 1 atom stereocenters. The van der Waals surface area contributed by atoms with Crippen molar-refractivity contribution in [2.45, 2.75) is 19.9 Å². The first-order valence-corrected chi connectivity index (χ1v) is 6.22. The third kappa shape index (κ3) is 2.43. The third-order valence-electron chi connectivity index (χ3n) is 2.83. The quantitative estimate of drug-likeness (QED) is 0.924. The first-order chi connectivity index (χ1) is 8.63. The van der Waals surface area contributed by atoms with Gasteiger partial charge in [-0.25, -0.2) is 4.68 Å². The molecular formula is C13H16ClN3O. The van der Waals surface area contributed by atoms with E-state index in [2.05, 4.69) is 5.10 Å². The summed E-state index contributed by atoms with van der Waals surface area (Å²) in [6.07, 6.45) is 1.56. The third-order valence-corrected chi connectivity index (χ3v) is 3.12. The molecule has 2 N–H and O–H groups in total. The first-order valence-electron chi connectivity index (χ1n) is 5.84. The Bertz CT molecular complexity index is 522. The molecule has 1 heterocycles. The van der Waals surface area contributed by atoms with Crippen molar-refractivity contribution in [1.82, 2.24) is 9.78 Å². The molecule has 0 bridgehead atoms. The predicted octanol–water partition coefficient (Wildman–Crippen LogP) is 3.13. The number of aromatic nitrogens is 2. The average Bonchev–Trinajstić information content (AvgIpc) is 2.71. The highest BCUT2D eigenvalue weighted by Gasteiger charge is 2.13. The summed E-state index contributed by atoms with van der Waals surface area (Å²) >= 11 is 5.90. The molecule has 2 rings (SSSR count). The lowest BCUT2D eigenvalue weighted by Gasteiger charge is -2.15. The van der Waals surface area contributed by atoms with Crippen LogP contribution in [0.15, 0.2) is 30.5 Å². The number of rotatable bonds is 4. The summed E-state index contributed by atoms with van der Waals surface area (Å²) in [6.45, 7) is 4.65. The van der Waals surface area contributed by atoms with Crippen LogP contribution in [0.25, 0.3) is 0 Å². The highest BCUT2D eigenvalue weighted by Crippen LogP contribution is 2.26. The standard InChI is InChI=1S/C13H16ClN3O/c1-3-18-11-6-4-10(5-7-11)9(2)17-13(15)12(14)8-16-17/h4-9H,3,15H2,1-2H3. The Hall–Kier alpha value is -1.68. The lowest BCUT2D eigenvalue weighted by Crippen LogP contribution is -2.11. The van der Waals surface area contributed by atoms with Crippen molar-refractivity contribution >= 4 is 17.4 Å². The highest BCUT2D eigenvalue weighted by atomic mass is 35.5. The minimum atomic E-state index is 0.0353. The summed E-state index contributed by atoms with van der Waals surface area (Å²) in [4.78, 5) is 0. The normalized spacial score (nSPS) is 12.4. The van der Waals surface area contributed by atoms with Crippen LogP contribution in [0.4, 0.5) is 5.82 Å². The number of hydrogen-bond donors (Lipinski definition) is 1. The van der Waals surface area contributed by atoms with E-state index in [1.807, 2.05) is 38.1 Å². The van der Waals surface area contributed by atoms with E-state index in [0.29, 0.717) is 17.4 Å². The Morgan fingerprint density at radius 2 is 2.06 bits per heavy atom. The molecule has 0 radical (unpaired) electrons. The fourth-order valence-electron chi connectivity index (χ4n) is 1.81. The molecule has 2 aromatic rings. The van der Waals surface area contributed by atoms with Gasteiger partial charge in [-0.15, -0.1) is 0 Å². The maximum absolute atomic E-state index is 5.90. The van der Waals surface area contributed by atoms with Crippen LogP contribution in [0.3, 0.4) is 0 Å². The maximum Gasteiger partial charge on any atom is 0.141 e. The Kier molecular flexibility index (Phi) is 3.77. The monoisotopic (exact) mass is 265 g/mol. The van der Waals surface area contributed by atoms with Crippen molar-refractivity contribution < 1.29 is 4.74 Å². The lowest BCUT2D eigenvalue weighted by atomic mass is 10.1. The van der Waals surface area contributed by atoms with Crippen LogP contribution in [-0.2, 0) is 0 Å². The van der Waals surface area contributed by atoms with Crippen molar-refractivity contribution in [3.63, 3.8) is 0 Å². The van der Waals surface area contributed by atoms with Gasteiger partial charge in [-0.3, -0.25) is 0 Å². The molecule has 18 heavy (non-hydrogen) atoms. The molecule has 0 aliphatic rings. The van der Waals surface area contributed by atoms with Gasteiger partial charge < -0.3 is 10.5 Å². The lowest BCUT2D eigenvalue weighted by molar-refractivity contribution is 0.340. The second kappa shape index (κ2) is 5.31. The van der Waals surface area contributed by atoms with Gasteiger partial charge in [0, 0.05) is 0 Å². The van der Waals surface area contributed by atoms with Crippen LogP contribution in [0.2, 0.25) is 5.02 Å². The summed E-state index contributed by atoms with van der Waals surface area (Å²) in [7, 11) is 0. The van der Waals surface area contributed by atoms with Crippen LogP contribution in [0.5, 0.6) is 5.75 Å². The number of anilines is 1. The van der Waals surface area contributed by atoms with E-state index in [1.54, 1.807) is 10.9 Å². The zero-order valence-electron chi connectivity index (χ0n) is 10.4. The molecule has 0 spiro atoms. The van der Waals surface area contributed by atoms with Crippen molar-refractivity contribution in [2.24, 2.45) is 0 Å². The fourth-order valence-corrected chi connectivity index (χ4v) is 1.94. The van der Waals surface area contributed by atoms with Crippen molar-refractivity contribution in [1.29, 1.82) is 0 Å². The van der Waals surface area contributed by atoms with E-state index in [4.69, 9.17) is 22.1 Å². The number of nitrogen functional groups attached to an aromatic ring is 1. The molecule has 4 nitrogen and oxygen atoms in total. The molecule has 0 saturated carbocycles. The van der Waals surface area contributed by atoms with Crippen molar-refractivity contribution in [3.05, 3.63) is 41.0 Å². The van der Waals surface area contributed by atoms with Gasteiger partial charge in [0.05, 0.1) is 18.8 Å². The summed E-state index contributed by atoms with van der Waals surface area (Å²) in [6, 6.07) is 7.93. The second-order valence-electron chi connectivity index (χ2n) is 4.00. The smallest absolute Gasteiger partial charge is 0.141 e. The van der Waals surface area contributed by atoms with Gasteiger partial charge in [0.15, 0.2) is 0 Å². The Labute approximate surface area is 111 Å². The van der Waals surface area contributed by atoms with Crippen LogP contribution in [-0.4, -0.2) is 16.4 Å². The molecule has 0 aliphatic heterocycles. The van der Waals surface area contributed by atoms with E-state index in [1.165, 1.54) is 0 Å². The summed E-state index contributed by atoms with van der Waals surface area (Å²) in [5, 5.41) is 4.66. The van der Waals surface area contributed by atoms with Gasteiger partial charge >= 0.3 is 0 Å². The van der Waals surface area contributed by atoms with E-state index < -0.39 is 0 Å². The van der Waals surface area contributed by atoms with Crippen LogP contribution >= 0.6 is 11.6 Å². The molecule has 1 aromatic heterocycles. The zero-order chi connectivity index (χ0) is 13.1. The summed E-state index contributed by atoms with van der Waals surface area (Å²) in [5.74, 6) is 1.35. The number of nitrogens with two attached hydrogens (primary N) is 1. The predicted molar refractivity (Wildman–Crippen MR) is 73.1 cm³/mol. The fraction of sp³-hybridized carbons (Fsp3) is 0.308. The van der Waals surface area contributed by atoms with E-state index in [-0.39, 0.29) is 6.04 Å².